The summed E-state index contributed by atoms with van der Waals surface area (Å²) in [6, 6.07) is 1.09. The number of rotatable bonds is 8. The lowest BCUT2D eigenvalue weighted by atomic mass is 10.4. The molecule has 2 nitrogen and oxygen atoms in total. The van der Waals surface area contributed by atoms with E-state index in [0.717, 1.165) is 31.4 Å². The number of unbranched alkanes of at least 4 members (excludes halogenated alkanes) is 1. The fourth-order valence-corrected chi connectivity index (χ4v) is 4.06. The van der Waals surface area contributed by atoms with Crippen molar-refractivity contribution in [3.63, 3.8) is 0 Å². The second-order valence-corrected chi connectivity index (χ2v) is 6.97. The molecular weight excluding hydrogens is 200 g/mol. The smallest absolute Gasteiger partial charge is 0.334 e. The molecule has 0 aromatic heterocycles. The number of thiol groups is 1. The van der Waals surface area contributed by atoms with Gasteiger partial charge < -0.3 is 8.85 Å². The average molecular weight is 222 g/mol. The minimum atomic E-state index is -1.82. The molecule has 0 aliphatic heterocycles. The summed E-state index contributed by atoms with van der Waals surface area (Å²) in [7, 11) is -1.82. The minimum absolute atomic E-state index is 0.767. The standard InChI is InChI=1S/C9H22O2SSi/c1-4-10-13(3,11-5-2)9-7-6-8-12/h12H,4-9H2,1-3H3. The molecule has 4 heteroatoms. The van der Waals surface area contributed by atoms with Crippen LogP contribution in [0, 0.1) is 0 Å². The van der Waals surface area contributed by atoms with Crippen LogP contribution in [-0.2, 0) is 8.85 Å². The fourth-order valence-electron chi connectivity index (χ4n) is 1.35. The van der Waals surface area contributed by atoms with Gasteiger partial charge in [-0.3, -0.25) is 0 Å². The van der Waals surface area contributed by atoms with Crippen LogP contribution in [0.15, 0.2) is 0 Å². The van der Waals surface area contributed by atoms with E-state index in [9.17, 15) is 0 Å². The predicted octanol–water partition coefficient (Wildman–Crippen LogP) is 2.84. The SMILES string of the molecule is CCO[Si](C)(CCCCS)OCC. The first-order chi connectivity index (χ1) is 6.18. The van der Waals surface area contributed by atoms with E-state index in [0.29, 0.717) is 0 Å². The summed E-state index contributed by atoms with van der Waals surface area (Å²) in [5.74, 6) is 0.961. The van der Waals surface area contributed by atoms with Crippen LogP contribution >= 0.6 is 12.6 Å². The Balaban J connectivity index is 3.76. The second kappa shape index (κ2) is 7.85. The highest BCUT2D eigenvalue weighted by molar-refractivity contribution is 7.80. The van der Waals surface area contributed by atoms with Crippen molar-refractivity contribution in [2.45, 2.75) is 39.3 Å². The third kappa shape index (κ3) is 6.54. The third-order valence-corrected chi connectivity index (χ3v) is 5.32. The van der Waals surface area contributed by atoms with Gasteiger partial charge in [-0.15, -0.1) is 0 Å². The van der Waals surface area contributed by atoms with E-state index in [1.165, 1.54) is 6.42 Å². The highest BCUT2D eigenvalue weighted by Crippen LogP contribution is 2.17. The first kappa shape index (κ1) is 13.5. The first-order valence-corrected chi connectivity index (χ1v) is 8.23. The Morgan fingerprint density at radius 1 is 1.08 bits per heavy atom. The van der Waals surface area contributed by atoms with E-state index in [4.69, 9.17) is 8.85 Å². The van der Waals surface area contributed by atoms with E-state index in [-0.39, 0.29) is 0 Å². The highest BCUT2D eigenvalue weighted by Gasteiger charge is 2.29. The fraction of sp³-hybridized carbons (Fsp3) is 1.00. The van der Waals surface area contributed by atoms with Gasteiger partial charge in [-0.1, -0.05) is 6.42 Å². The van der Waals surface area contributed by atoms with Gasteiger partial charge >= 0.3 is 8.56 Å². The molecular formula is C9H22O2SSi. The molecule has 0 radical (unpaired) electrons. The lowest BCUT2D eigenvalue weighted by Gasteiger charge is -2.25. The molecule has 0 saturated heterocycles. The molecule has 0 unspecified atom stereocenters. The molecule has 0 spiro atoms. The first-order valence-electron chi connectivity index (χ1n) is 5.07. The summed E-state index contributed by atoms with van der Waals surface area (Å²) in [4.78, 5) is 0. The molecule has 0 fully saturated rings. The average Bonchev–Trinajstić information content (AvgIpc) is 2.05. The van der Waals surface area contributed by atoms with Gasteiger partial charge in [-0.25, -0.2) is 0 Å². The molecule has 80 valence electrons. The van der Waals surface area contributed by atoms with Crippen molar-refractivity contribution in [1.29, 1.82) is 0 Å². The zero-order chi connectivity index (χ0) is 10.2. The lowest BCUT2D eigenvalue weighted by Crippen LogP contribution is -2.38. The molecule has 0 aliphatic rings. The van der Waals surface area contributed by atoms with Gasteiger partial charge in [0.2, 0.25) is 0 Å². The Hall–Kier alpha value is 0.487. The van der Waals surface area contributed by atoms with Crippen molar-refractivity contribution in [1.82, 2.24) is 0 Å². The van der Waals surface area contributed by atoms with Crippen LogP contribution in [0.4, 0.5) is 0 Å². The molecule has 0 rings (SSSR count). The van der Waals surface area contributed by atoms with Crippen molar-refractivity contribution >= 4 is 21.2 Å². The van der Waals surface area contributed by atoms with Crippen molar-refractivity contribution in [3.8, 4) is 0 Å². The summed E-state index contributed by atoms with van der Waals surface area (Å²) in [6.07, 6.45) is 2.33. The number of hydrogen-bond donors (Lipinski definition) is 1. The zero-order valence-corrected chi connectivity index (χ0v) is 10.9. The predicted molar refractivity (Wildman–Crippen MR) is 62.8 cm³/mol. The van der Waals surface area contributed by atoms with Crippen LogP contribution in [0.1, 0.15) is 26.7 Å². The van der Waals surface area contributed by atoms with E-state index in [1.807, 2.05) is 13.8 Å². The summed E-state index contributed by atoms with van der Waals surface area (Å²) in [5, 5.41) is 0. The molecule has 0 aromatic rings. The molecule has 0 saturated carbocycles. The van der Waals surface area contributed by atoms with E-state index < -0.39 is 8.56 Å². The molecule has 13 heavy (non-hydrogen) atoms. The molecule has 0 N–H and O–H groups in total. The monoisotopic (exact) mass is 222 g/mol. The summed E-state index contributed by atoms with van der Waals surface area (Å²) in [6.45, 7) is 7.75. The highest BCUT2D eigenvalue weighted by atomic mass is 32.1. The van der Waals surface area contributed by atoms with Gasteiger partial charge in [-0.2, -0.15) is 12.6 Å². The summed E-state index contributed by atoms with van der Waals surface area (Å²) in [5.41, 5.74) is 0. The Bertz CT molecular complexity index is 116. The van der Waals surface area contributed by atoms with Gasteiger partial charge in [0.1, 0.15) is 0 Å². The van der Waals surface area contributed by atoms with E-state index in [2.05, 4.69) is 19.2 Å². The maximum atomic E-state index is 5.71. The Morgan fingerprint density at radius 3 is 2.00 bits per heavy atom. The molecule has 0 aliphatic carbocycles. The van der Waals surface area contributed by atoms with Crippen molar-refractivity contribution < 1.29 is 8.85 Å². The summed E-state index contributed by atoms with van der Waals surface area (Å²) < 4.78 is 11.4. The largest absolute Gasteiger partial charge is 0.395 e. The maximum absolute atomic E-state index is 5.71. The topological polar surface area (TPSA) is 18.5 Å². The third-order valence-electron chi connectivity index (χ3n) is 1.94. The van der Waals surface area contributed by atoms with Crippen LogP contribution in [0.5, 0.6) is 0 Å². The van der Waals surface area contributed by atoms with Crippen LogP contribution in [0.2, 0.25) is 12.6 Å². The minimum Gasteiger partial charge on any atom is -0.395 e. The van der Waals surface area contributed by atoms with Crippen LogP contribution in [0.25, 0.3) is 0 Å². The van der Waals surface area contributed by atoms with Gasteiger partial charge in [-0.05, 0) is 38.6 Å². The second-order valence-electron chi connectivity index (χ2n) is 3.18. The molecule has 0 bridgehead atoms. The normalized spacial score (nSPS) is 12.0. The molecule has 0 aromatic carbocycles. The number of hydrogen-bond acceptors (Lipinski definition) is 3. The van der Waals surface area contributed by atoms with Crippen molar-refractivity contribution in [3.05, 3.63) is 0 Å². The van der Waals surface area contributed by atoms with Gasteiger partial charge in [0, 0.05) is 13.2 Å². The maximum Gasteiger partial charge on any atom is 0.334 e. The Labute approximate surface area is 88.7 Å². The van der Waals surface area contributed by atoms with Gasteiger partial charge in [0.25, 0.3) is 0 Å². The Morgan fingerprint density at radius 2 is 1.62 bits per heavy atom. The van der Waals surface area contributed by atoms with Crippen molar-refractivity contribution in [2.24, 2.45) is 0 Å². The van der Waals surface area contributed by atoms with E-state index in [1.54, 1.807) is 0 Å². The lowest BCUT2D eigenvalue weighted by molar-refractivity contribution is 0.188. The van der Waals surface area contributed by atoms with Crippen molar-refractivity contribution in [2.75, 3.05) is 19.0 Å². The van der Waals surface area contributed by atoms with E-state index >= 15 is 0 Å². The van der Waals surface area contributed by atoms with Gasteiger partial charge in [0.15, 0.2) is 0 Å². The van der Waals surface area contributed by atoms with Gasteiger partial charge in [0.05, 0.1) is 0 Å². The molecule has 0 amide bonds. The molecule has 0 heterocycles. The molecule has 0 atom stereocenters. The quantitative estimate of drug-likeness (QED) is 0.387. The zero-order valence-electron chi connectivity index (χ0n) is 9.01. The summed E-state index contributed by atoms with van der Waals surface area (Å²) >= 11 is 4.19. The Kier molecular flexibility index (Phi) is 8.14. The van der Waals surface area contributed by atoms with Crippen LogP contribution in [0.3, 0.4) is 0 Å². The van der Waals surface area contributed by atoms with Crippen LogP contribution in [-0.4, -0.2) is 27.5 Å². The van der Waals surface area contributed by atoms with Crippen LogP contribution < -0.4 is 0 Å².